The molecule has 2 amide bonds. The molecule has 0 saturated heterocycles. The number of methoxy groups -OCH3 is 1. The Hall–Kier alpha value is -3.62. The summed E-state index contributed by atoms with van der Waals surface area (Å²) in [5.74, 6) is -0.383. The number of hydrogen-bond acceptors (Lipinski definition) is 6. The number of para-hydroxylation sites is 2. The predicted molar refractivity (Wildman–Crippen MR) is 95.6 cm³/mol. The van der Waals surface area contributed by atoms with Crippen LogP contribution in [-0.4, -0.2) is 36.9 Å². The first-order valence-corrected chi connectivity index (χ1v) is 7.74. The van der Waals surface area contributed by atoms with Crippen LogP contribution < -0.4 is 20.3 Å². The van der Waals surface area contributed by atoms with Crippen LogP contribution in [0.4, 0.5) is 22.7 Å². The Balaban J connectivity index is 1.78. The number of nitrogens with one attached hydrogen (secondary N) is 2. The van der Waals surface area contributed by atoms with Crippen molar-refractivity contribution in [3.05, 3.63) is 52.6 Å². The Morgan fingerprint density at radius 1 is 1.35 bits per heavy atom. The zero-order valence-corrected chi connectivity index (χ0v) is 13.9. The molecule has 9 nitrogen and oxygen atoms in total. The van der Waals surface area contributed by atoms with E-state index in [0.717, 1.165) is 0 Å². The Bertz CT molecular complexity index is 883. The van der Waals surface area contributed by atoms with Crippen molar-refractivity contribution >= 4 is 34.6 Å². The fourth-order valence-electron chi connectivity index (χ4n) is 2.70. The van der Waals surface area contributed by atoms with E-state index < -0.39 is 10.8 Å². The van der Waals surface area contributed by atoms with Gasteiger partial charge in [0.25, 0.3) is 5.69 Å². The lowest BCUT2D eigenvalue weighted by atomic mass is 10.2. The summed E-state index contributed by atoms with van der Waals surface area (Å²) >= 11 is 0. The summed E-state index contributed by atoms with van der Waals surface area (Å²) in [5.41, 5.74) is 1.13. The second kappa shape index (κ2) is 7.09. The van der Waals surface area contributed by atoms with Gasteiger partial charge in [0.05, 0.1) is 42.6 Å². The number of carbonyl (C=O) groups excluding carboxylic acids is 2. The number of hydrogen-bond donors (Lipinski definition) is 2. The van der Waals surface area contributed by atoms with E-state index >= 15 is 0 Å². The number of nitrogens with zero attached hydrogens (tertiary/aromatic N) is 2. The zero-order chi connectivity index (χ0) is 18.7. The molecule has 0 fully saturated rings. The molecule has 134 valence electrons. The van der Waals surface area contributed by atoms with Gasteiger partial charge >= 0.3 is 0 Å². The summed E-state index contributed by atoms with van der Waals surface area (Å²) in [5, 5.41) is 16.5. The minimum absolute atomic E-state index is 0.0230. The maximum absolute atomic E-state index is 12.4. The molecule has 2 N–H and O–H groups in total. The summed E-state index contributed by atoms with van der Waals surface area (Å²) in [6.07, 6.45) is 0. The van der Waals surface area contributed by atoms with E-state index in [0.29, 0.717) is 17.1 Å². The van der Waals surface area contributed by atoms with Crippen molar-refractivity contribution in [2.45, 2.75) is 0 Å². The van der Waals surface area contributed by atoms with Crippen LogP contribution in [0.1, 0.15) is 0 Å². The molecule has 1 heterocycles. The number of ether oxygens (including phenoxy) is 1. The van der Waals surface area contributed by atoms with Crippen LogP contribution in [-0.2, 0) is 9.59 Å². The third kappa shape index (κ3) is 3.56. The number of anilines is 3. The molecule has 26 heavy (non-hydrogen) atoms. The number of rotatable bonds is 5. The van der Waals surface area contributed by atoms with Gasteiger partial charge in [-0.3, -0.25) is 19.7 Å². The van der Waals surface area contributed by atoms with E-state index in [2.05, 4.69) is 10.6 Å². The van der Waals surface area contributed by atoms with E-state index in [1.54, 1.807) is 29.2 Å². The quantitative estimate of drug-likeness (QED) is 0.626. The zero-order valence-electron chi connectivity index (χ0n) is 13.9. The summed E-state index contributed by atoms with van der Waals surface area (Å²) in [7, 11) is 1.40. The van der Waals surface area contributed by atoms with Gasteiger partial charge in [-0.2, -0.15) is 0 Å². The molecule has 1 aliphatic rings. The molecular formula is C17H16N4O5. The van der Waals surface area contributed by atoms with Crippen molar-refractivity contribution in [1.29, 1.82) is 0 Å². The predicted octanol–water partition coefficient (Wildman–Crippen LogP) is 2.00. The van der Waals surface area contributed by atoms with Gasteiger partial charge in [-0.05, 0) is 24.3 Å². The number of amides is 2. The SMILES string of the molecule is COc1ccc(NC(=O)CN2CC(=O)Nc3ccccc32)c([N+](=O)[O-])c1. The number of nitro benzene ring substituents is 1. The van der Waals surface area contributed by atoms with Crippen molar-refractivity contribution in [2.24, 2.45) is 0 Å². The van der Waals surface area contributed by atoms with Crippen molar-refractivity contribution < 1.29 is 19.2 Å². The van der Waals surface area contributed by atoms with Crippen LogP contribution in [0, 0.1) is 10.1 Å². The highest BCUT2D eigenvalue weighted by Crippen LogP contribution is 2.30. The molecule has 0 aliphatic carbocycles. The van der Waals surface area contributed by atoms with Gasteiger partial charge in [-0.1, -0.05) is 12.1 Å². The van der Waals surface area contributed by atoms with E-state index in [4.69, 9.17) is 4.74 Å². The highest BCUT2D eigenvalue weighted by atomic mass is 16.6. The summed E-state index contributed by atoms with van der Waals surface area (Å²) in [4.78, 5) is 36.4. The van der Waals surface area contributed by atoms with Gasteiger partial charge in [0, 0.05) is 0 Å². The lowest BCUT2D eigenvalue weighted by Crippen LogP contribution is -2.42. The monoisotopic (exact) mass is 356 g/mol. The topological polar surface area (TPSA) is 114 Å². The molecule has 0 radical (unpaired) electrons. The van der Waals surface area contributed by atoms with Crippen molar-refractivity contribution in [2.75, 3.05) is 35.7 Å². The summed E-state index contributed by atoms with van der Waals surface area (Å²) in [6, 6.07) is 11.3. The average molecular weight is 356 g/mol. The van der Waals surface area contributed by atoms with Crippen LogP contribution in [0.3, 0.4) is 0 Å². The third-order valence-electron chi connectivity index (χ3n) is 3.86. The highest BCUT2D eigenvalue weighted by molar-refractivity contribution is 6.04. The molecule has 2 aromatic rings. The molecule has 0 saturated carbocycles. The summed E-state index contributed by atoms with van der Waals surface area (Å²) < 4.78 is 4.97. The van der Waals surface area contributed by atoms with Gasteiger partial charge in [0.2, 0.25) is 11.8 Å². The van der Waals surface area contributed by atoms with Crippen LogP contribution in [0.25, 0.3) is 0 Å². The van der Waals surface area contributed by atoms with Gasteiger partial charge < -0.3 is 20.3 Å². The smallest absolute Gasteiger partial charge is 0.296 e. The van der Waals surface area contributed by atoms with Crippen molar-refractivity contribution in [3.63, 3.8) is 0 Å². The second-order valence-corrected chi connectivity index (χ2v) is 5.61. The average Bonchev–Trinajstić information content (AvgIpc) is 2.61. The fourth-order valence-corrected chi connectivity index (χ4v) is 2.70. The van der Waals surface area contributed by atoms with Gasteiger partial charge in [0.1, 0.15) is 11.4 Å². The fraction of sp³-hybridized carbons (Fsp3) is 0.176. The van der Waals surface area contributed by atoms with Crippen LogP contribution in [0.15, 0.2) is 42.5 Å². The van der Waals surface area contributed by atoms with Gasteiger partial charge in [-0.15, -0.1) is 0 Å². The lowest BCUT2D eigenvalue weighted by Gasteiger charge is -2.30. The van der Waals surface area contributed by atoms with Crippen molar-refractivity contribution in [1.82, 2.24) is 0 Å². The first kappa shape index (κ1) is 17.2. The number of fused-ring (bicyclic) bond motifs is 1. The second-order valence-electron chi connectivity index (χ2n) is 5.61. The lowest BCUT2D eigenvalue weighted by molar-refractivity contribution is -0.384. The van der Waals surface area contributed by atoms with Gasteiger partial charge in [0.15, 0.2) is 0 Å². The van der Waals surface area contributed by atoms with Crippen molar-refractivity contribution in [3.8, 4) is 5.75 Å². The molecule has 3 rings (SSSR count). The minimum atomic E-state index is -0.595. The molecule has 0 unspecified atom stereocenters. The molecule has 9 heteroatoms. The highest BCUT2D eigenvalue weighted by Gasteiger charge is 2.24. The number of nitro groups is 1. The maximum atomic E-state index is 12.4. The van der Waals surface area contributed by atoms with Crippen LogP contribution in [0.5, 0.6) is 5.75 Å². The Labute approximate surface area is 148 Å². The van der Waals surface area contributed by atoms with E-state index in [1.165, 1.54) is 25.3 Å². The Morgan fingerprint density at radius 3 is 2.85 bits per heavy atom. The van der Waals surface area contributed by atoms with E-state index in [1.807, 2.05) is 0 Å². The molecule has 1 aliphatic heterocycles. The Morgan fingerprint density at radius 2 is 2.12 bits per heavy atom. The molecule has 0 atom stereocenters. The molecule has 2 aromatic carbocycles. The molecule has 0 aromatic heterocycles. The van der Waals surface area contributed by atoms with Crippen LogP contribution >= 0.6 is 0 Å². The molecule has 0 spiro atoms. The maximum Gasteiger partial charge on any atom is 0.296 e. The molecule has 0 bridgehead atoms. The normalized spacial score (nSPS) is 12.8. The largest absolute Gasteiger partial charge is 0.496 e. The van der Waals surface area contributed by atoms with Crippen LogP contribution in [0.2, 0.25) is 0 Å². The third-order valence-corrected chi connectivity index (χ3v) is 3.86. The Kier molecular flexibility index (Phi) is 4.70. The molecular weight excluding hydrogens is 340 g/mol. The first-order chi connectivity index (χ1) is 12.5. The number of carbonyl (C=O) groups is 2. The standard InChI is InChI=1S/C17H16N4O5/c1-26-11-6-7-13(15(8-11)21(24)25)19-17(23)10-20-9-16(22)18-12-4-2-3-5-14(12)20/h2-8H,9-10H2,1H3,(H,18,22)(H,19,23). The first-order valence-electron chi connectivity index (χ1n) is 7.74. The van der Waals surface area contributed by atoms with E-state index in [9.17, 15) is 19.7 Å². The summed E-state index contributed by atoms with van der Waals surface area (Å²) in [6.45, 7) is -0.0945. The number of benzene rings is 2. The minimum Gasteiger partial charge on any atom is -0.496 e. The van der Waals surface area contributed by atoms with E-state index in [-0.39, 0.29) is 30.4 Å². The van der Waals surface area contributed by atoms with Gasteiger partial charge in [-0.25, -0.2) is 0 Å².